The lowest BCUT2D eigenvalue weighted by atomic mass is 9.87. The van der Waals surface area contributed by atoms with Gasteiger partial charge < -0.3 is 14.3 Å². The van der Waals surface area contributed by atoms with E-state index in [1.807, 2.05) is 20.8 Å². The second kappa shape index (κ2) is 3.97. The summed E-state index contributed by atoms with van der Waals surface area (Å²) in [6.45, 7) is 6.15. The predicted octanol–water partition coefficient (Wildman–Crippen LogP) is 1.82. The van der Waals surface area contributed by atoms with Gasteiger partial charge in [-0.05, 0) is 23.1 Å². The molecule has 5 heteroatoms. The molecule has 0 aliphatic rings. The van der Waals surface area contributed by atoms with E-state index in [-0.39, 0.29) is 11.2 Å². The lowest BCUT2D eigenvalue weighted by Crippen LogP contribution is -2.11. The van der Waals surface area contributed by atoms with Gasteiger partial charge in [-0.3, -0.25) is 4.57 Å². The van der Waals surface area contributed by atoms with Crippen molar-refractivity contribution in [3.63, 3.8) is 0 Å². The fourth-order valence-electron chi connectivity index (χ4n) is 1.15. The van der Waals surface area contributed by atoms with Gasteiger partial charge in [0.2, 0.25) is 0 Å². The van der Waals surface area contributed by atoms with Crippen molar-refractivity contribution in [3.8, 4) is 5.75 Å². The van der Waals surface area contributed by atoms with E-state index in [4.69, 9.17) is 4.89 Å². The maximum Gasteiger partial charge on any atom is 0.317 e. The van der Waals surface area contributed by atoms with Crippen LogP contribution in [0.15, 0.2) is 24.3 Å². The Bertz CT molecular complexity index is 371. The van der Waals surface area contributed by atoms with E-state index in [1.165, 1.54) is 12.1 Å². The summed E-state index contributed by atoms with van der Waals surface area (Å²) in [6, 6.07) is 6.57. The minimum Gasteiger partial charge on any atom is -0.746 e. The quantitative estimate of drug-likeness (QED) is 0.785. The Labute approximate surface area is 89.1 Å². The van der Waals surface area contributed by atoms with Gasteiger partial charge in [-0.1, -0.05) is 32.9 Å². The van der Waals surface area contributed by atoms with E-state index in [0.29, 0.717) is 0 Å². The van der Waals surface area contributed by atoms with Crippen molar-refractivity contribution in [2.45, 2.75) is 26.2 Å². The van der Waals surface area contributed by atoms with Crippen LogP contribution in [0.25, 0.3) is 0 Å². The third-order valence-corrected chi connectivity index (χ3v) is 2.38. The summed E-state index contributed by atoms with van der Waals surface area (Å²) in [5, 5.41) is 0. The number of phosphoric ester groups is 1. The summed E-state index contributed by atoms with van der Waals surface area (Å²) in [7, 11) is -4.69. The SMILES string of the molecule is CC(C)(C)c1ccc(OP(=O)([O-])O)cc1. The summed E-state index contributed by atoms with van der Waals surface area (Å²) >= 11 is 0. The van der Waals surface area contributed by atoms with E-state index in [0.717, 1.165) is 5.56 Å². The molecule has 1 unspecified atom stereocenters. The first-order valence-corrected chi connectivity index (χ1v) is 6.02. The Kier molecular flexibility index (Phi) is 3.24. The maximum absolute atomic E-state index is 10.4. The molecule has 0 fully saturated rings. The van der Waals surface area contributed by atoms with Crippen LogP contribution < -0.4 is 9.42 Å². The number of hydrogen-bond donors (Lipinski definition) is 1. The summed E-state index contributed by atoms with van der Waals surface area (Å²) in [4.78, 5) is 18.9. The highest BCUT2D eigenvalue weighted by Gasteiger charge is 2.13. The standard InChI is InChI=1S/C10H15O4P/c1-10(2,3)8-4-6-9(7-5-8)14-15(11,12)13/h4-7H,1-3H3,(H2,11,12,13)/p-1. The van der Waals surface area contributed by atoms with Crippen LogP contribution in [0, 0.1) is 0 Å². The zero-order valence-electron chi connectivity index (χ0n) is 8.93. The second-order valence-corrected chi connectivity index (χ2v) is 5.45. The van der Waals surface area contributed by atoms with Crippen molar-refractivity contribution in [1.29, 1.82) is 0 Å². The highest BCUT2D eigenvalue weighted by molar-refractivity contribution is 7.45. The predicted molar refractivity (Wildman–Crippen MR) is 55.6 cm³/mol. The molecule has 1 rings (SSSR count). The molecule has 0 heterocycles. The average molecular weight is 229 g/mol. The first kappa shape index (κ1) is 12.2. The normalized spacial score (nSPS) is 15.8. The summed E-state index contributed by atoms with van der Waals surface area (Å²) in [5.41, 5.74) is 1.06. The van der Waals surface area contributed by atoms with Gasteiger partial charge in [0.1, 0.15) is 5.75 Å². The van der Waals surface area contributed by atoms with Gasteiger partial charge >= 0.3 is 7.82 Å². The number of phosphoric acid groups is 1. The minimum absolute atomic E-state index is 0.00109. The smallest absolute Gasteiger partial charge is 0.317 e. The van der Waals surface area contributed by atoms with E-state index in [1.54, 1.807) is 12.1 Å². The first-order chi connectivity index (χ1) is 6.68. The molecule has 84 valence electrons. The van der Waals surface area contributed by atoms with Crippen LogP contribution in [0.4, 0.5) is 0 Å². The molecule has 1 N–H and O–H groups in total. The largest absolute Gasteiger partial charge is 0.746 e. The van der Waals surface area contributed by atoms with E-state index in [2.05, 4.69) is 4.52 Å². The second-order valence-electron chi connectivity index (χ2n) is 4.33. The molecule has 0 aliphatic heterocycles. The topological polar surface area (TPSA) is 69.6 Å². The lowest BCUT2D eigenvalue weighted by molar-refractivity contribution is -0.211. The molecule has 4 nitrogen and oxygen atoms in total. The van der Waals surface area contributed by atoms with Crippen LogP contribution in [0.3, 0.4) is 0 Å². The fourth-order valence-corrected chi connectivity index (χ4v) is 1.54. The maximum atomic E-state index is 10.4. The molecule has 0 spiro atoms. The third kappa shape index (κ3) is 4.04. The molecular formula is C10H14O4P-. The van der Waals surface area contributed by atoms with Crippen molar-refractivity contribution in [2.75, 3.05) is 0 Å². The molecule has 0 saturated carbocycles. The van der Waals surface area contributed by atoms with E-state index in [9.17, 15) is 9.46 Å². The third-order valence-electron chi connectivity index (χ3n) is 1.94. The van der Waals surface area contributed by atoms with Crippen LogP contribution in [-0.2, 0) is 9.98 Å². The Balaban J connectivity index is 2.87. The molecule has 1 aromatic rings. The number of benzene rings is 1. The Morgan fingerprint density at radius 3 is 2.07 bits per heavy atom. The zero-order valence-corrected chi connectivity index (χ0v) is 9.82. The molecule has 15 heavy (non-hydrogen) atoms. The molecule has 1 atom stereocenters. The van der Waals surface area contributed by atoms with E-state index < -0.39 is 7.82 Å². The van der Waals surface area contributed by atoms with Gasteiger partial charge in [0.15, 0.2) is 0 Å². The Morgan fingerprint density at radius 2 is 1.73 bits per heavy atom. The average Bonchev–Trinajstić information content (AvgIpc) is 2.00. The summed E-state index contributed by atoms with van der Waals surface area (Å²) in [5.74, 6) is 0.115. The fraction of sp³-hybridized carbons (Fsp3) is 0.400. The zero-order chi connectivity index (χ0) is 11.7. The molecule has 0 saturated heterocycles. The van der Waals surface area contributed by atoms with Crippen LogP contribution in [0.5, 0.6) is 5.75 Å². The number of rotatable bonds is 2. The van der Waals surface area contributed by atoms with Crippen LogP contribution >= 0.6 is 7.82 Å². The highest BCUT2D eigenvalue weighted by atomic mass is 31.2. The molecule has 1 aromatic carbocycles. The van der Waals surface area contributed by atoms with Crippen LogP contribution in [0.2, 0.25) is 0 Å². The molecule has 0 amide bonds. The van der Waals surface area contributed by atoms with Crippen molar-refractivity contribution >= 4 is 7.82 Å². The van der Waals surface area contributed by atoms with E-state index >= 15 is 0 Å². The Morgan fingerprint density at radius 1 is 1.27 bits per heavy atom. The number of hydrogen-bond acceptors (Lipinski definition) is 3. The summed E-state index contributed by atoms with van der Waals surface area (Å²) in [6.07, 6.45) is 0. The van der Waals surface area contributed by atoms with Gasteiger partial charge in [-0.2, -0.15) is 0 Å². The Hall–Kier alpha value is -0.830. The molecular weight excluding hydrogens is 215 g/mol. The van der Waals surface area contributed by atoms with Crippen molar-refractivity contribution in [2.24, 2.45) is 0 Å². The van der Waals surface area contributed by atoms with Gasteiger partial charge in [-0.15, -0.1) is 0 Å². The van der Waals surface area contributed by atoms with Gasteiger partial charge in [0.25, 0.3) is 0 Å². The van der Waals surface area contributed by atoms with Gasteiger partial charge in [0, 0.05) is 0 Å². The van der Waals surface area contributed by atoms with Crippen molar-refractivity contribution < 1.29 is 18.9 Å². The van der Waals surface area contributed by atoms with Gasteiger partial charge in [0.05, 0.1) is 0 Å². The lowest BCUT2D eigenvalue weighted by Gasteiger charge is -2.20. The van der Waals surface area contributed by atoms with Crippen LogP contribution in [0.1, 0.15) is 26.3 Å². The first-order valence-electron chi connectivity index (χ1n) is 4.52. The molecule has 0 bridgehead atoms. The highest BCUT2D eigenvalue weighted by Crippen LogP contribution is 2.34. The van der Waals surface area contributed by atoms with Crippen molar-refractivity contribution in [1.82, 2.24) is 0 Å². The van der Waals surface area contributed by atoms with Crippen molar-refractivity contribution in [3.05, 3.63) is 29.8 Å². The van der Waals surface area contributed by atoms with Crippen LogP contribution in [-0.4, -0.2) is 4.89 Å². The molecule has 0 aromatic heterocycles. The molecule has 0 radical (unpaired) electrons. The van der Waals surface area contributed by atoms with Gasteiger partial charge in [-0.25, -0.2) is 0 Å². The molecule has 0 aliphatic carbocycles. The summed E-state index contributed by atoms with van der Waals surface area (Å²) < 4.78 is 14.8. The minimum atomic E-state index is -4.69. The monoisotopic (exact) mass is 229 g/mol.